The number of hydrogen-bond acceptors (Lipinski definition) is 6. The first-order chi connectivity index (χ1) is 11.6. The van der Waals surface area contributed by atoms with Gasteiger partial charge in [0.05, 0.1) is 19.3 Å². The summed E-state index contributed by atoms with van der Waals surface area (Å²) in [4.78, 5) is 33.2. The summed E-state index contributed by atoms with van der Waals surface area (Å²) in [6.07, 6.45) is 3.73. The highest BCUT2D eigenvalue weighted by molar-refractivity contribution is 5.95. The molecule has 8 heteroatoms. The van der Waals surface area contributed by atoms with Gasteiger partial charge in [-0.2, -0.15) is 0 Å². The van der Waals surface area contributed by atoms with E-state index in [1.54, 1.807) is 36.8 Å². The second kappa shape index (κ2) is 7.05. The lowest BCUT2D eigenvalue weighted by Gasteiger charge is -2.31. The van der Waals surface area contributed by atoms with E-state index < -0.39 is 12.1 Å². The van der Waals surface area contributed by atoms with Gasteiger partial charge in [-0.1, -0.05) is 6.07 Å². The normalized spacial score (nSPS) is 17.3. The van der Waals surface area contributed by atoms with Crippen LogP contribution in [0.4, 0.5) is 11.5 Å². The summed E-state index contributed by atoms with van der Waals surface area (Å²) in [7, 11) is 0. The van der Waals surface area contributed by atoms with Crippen molar-refractivity contribution in [2.24, 2.45) is 0 Å². The number of carbonyl (C=O) groups is 2. The number of rotatable bonds is 4. The maximum absolute atomic E-state index is 12.6. The van der Waals surface area contributed by atoms with Gasteiger partial charge in [0.15, 0.2) is 6.10 Å². The van der Waals surface area contributed by atoms with Gasteiger partial charge in [-0.3, -0.25) is 9.78 Å². The molecule has 1 aliphatic heterocycles. The predicted octanol–water partition coefficient (Wildman–Crippen LogP) is 1.15. The molecule has 1 atom stereocenters. The molecule has 0 saturated carbocycles. The molecule has 1 aliphatic rings. The smallest absolute Gasteiger partial charge is 0.334 e. The van der Waals surface area contributed by atoms with E-state index in [0.717, 1.165) is 0 Å². The maximum Gasteiger partial charge on any atom is 0.334 e. The van der Waals surface area contributed by atoms with Crippen LogP contribution in [-0.2, 0) is 9.53 Å². The molecule has 1 amide bonds. The van der Waals surface area contributed by atoms with E-state index >= 15 is 0 Å². The standard InChI is InChI=1S/C16H16N4O4/c21-15(20-6-7-24-13(10-20)16(22)23)11-2-1-3-12(8-11)19-14-9-17-4-5-18-14/h1-5,8-9,13H,6-7,10H2,(H,18,19)(H,22,23)/t13-/m1/s1. The Kier molecular flexibility index (Phi) is 4.66. The second-order valence-electron chi connectivity index (χ2n) is 5.25. The molecule has 124 valence electrons. The summed E-state index contributed by atoms with van der Waals surface area (Å²) in [6, 6.07) is 6.95. The van der Waals surface area contributed by atoms with E-state index in [0.29, 0.717) is 23.6 Å². The average Bonchev–Trinajstić information content (AvgIpc) is 2.62. The van der Waals surface area contributed by atoms with Crippen molar-refractivity contribution in [1.29, 1.82) is 0 Å². The van der Waals surface area contributed by atoms with Crippen LogP contribution in [0.1, 0.15) is 10.4 Å². The summed E-state index contributed by atoms with van der Waals surface area (Å²) < 4.78 is 5.14. The molecule has 24 heavy (non-hydrogen) atoms. The molecule has 0 aliphatic carbocycles. The van der Waals surface area contributed by atoms with E-state index in [9.17, 15) is 9.59 Å². The van der Waals surface area contributed by atoms with Crippen molar-refractivity contribution in [3.63, 3.8) is 0 Å². The molecule has 1 aromatic heterocycles. The summed E-state index contributed by atoms with van der Waals surface area (Å²) in [5, 5.41) is 12.1. The van der Waals surface area contributed by atoms with Gasteiger partial charge in [0.25, 0.3) is 5.91 Å². The second-order valence-corrected chi connectivity index (χ2v) is 5.25. The number of amides is 1. The van der Waals surface area contributed by atoms with Gasteiger partial charge in [-0.15, -0.1) is 0 Å². The number of aromatic nitrogens is 2. The lowest BCUT2D eigenvalue weighted by molar-refractivity contribution is -0.154. The van der Waals surface area contributed by atoms with Gasteiger partial charge < -0.3 is 20.1 Å². The number of morpholine rings is 1. The van der Waals surface area contributed by atoms with Crippen LogP contribution in [0.25, 0.3) is 0 Å². The Labute approximate surface area is 138 Å². The molecule has 8 nitrogen and oxygen atoms in total. The zero-order valence-corrected chi connectivity index (χ0v) is 12.8. The molecule has 1 fully saturated rings. The van der Waals surface area contributed by atoms with Crippen molar-refractivity contribution in [3.05, 3.63) is 48.4 Å². The highest BCUT2D eigenvalue weighted by Crippen LogP contribution is 2.17. The molecule has 0 radical (unpaired) electrons. The first-order valence-electron chi connectivity index (χ1n) is 7.40. The quantitative estimate of drug-likeness (QED) is 0.867. The van der Waals surface area contributed by atoms with Crippen LogP contribution in [0.2, 0.25) is 0 Å². The van der Waals surface area contributed by atoms with Crippen LogP contribution < -0.4 is 5.32 Å². The third-order valence-electron chi connectivity index (χ3n) is 3.57. The number of nitrogens with one attached hydrogen (secondary N) is 1. The number of nitrogens with zero attached hydrogens (tertiary/aromatic N) is 3. The monoisotopic (exact) mass is 328 g/mol. The van der Waals surface area contributed by atoms with E-state index in [1.807, 2.05) is 6.07 Å². The minimum atomic E-state index is -1.06. The van der Waals surface area contributed by atoms with Crippen molar-refractivity contribution in [2.45, 2.75) is 6.10 Å². The van der Waals surface area contributed by atoms with Crippen molar-refractivity contribution in [2.75, 3.05) is 25.0 Å². The van der Waals surface area contributed by atoms with Gasteiger partial charge in [-0.25, -0.2) is 9.78 Å². The number of carboxylic acids is 1. The van der Waals surface area contributed by atoms with Crippen LogP contribution in [0.3, 0.4) is 0 Å². The molecule has 3 rings (SSSR count). The lowest BCUT2D eigenvalue weighted by Crippen LogP contribution is -2.48. The van der Waals surface area contributed by atoms with Crippen molar-refractivity contribution < 1.29 is 19.4 Å². The molecule has 1 saturated heterocycles. The van der Waals surface area contributed by atoms with Crippen LogP contribution in [0.5, 0.6) is 0 Å². The average molecular weight is 328 g/mol. The Morgan fingerprint density at radius 3 is 2.96 bits per heavy atom. The summed E-state index contributed by atoms with van der Waals surface area (Å²) in [6.45, 7) is 0.612. The first kappa shape index (κ1) is 15.9. The minimum absolute atomic E-state index is 0.0377. The molecule has 2 N–H and O–H groups in total. The number of anilines is 2. The fourth-order valence-electron chi connectivity index (χ4n) is 2.41. The molecule has 0 bridgehead atoms. The predicted molar refractivity (Wildman–Crippen MR) is 85.0 cm³/mol. The molecular weight excluding hydrogens is 312 g/mol. The first-order valence-corrected chi connectivity index (χ1v) is 7.40. The van der Waals surface area contributed by atoms with Crippen molar-refractivity contribution in [3.8, 4) is 0 Å². The Morgan fingerprint density at radius 1 is 1.33 bits per heavy atom. The Morgan fingerprint density at radius 2 is 2.21 bits per heavy atom. The Hall–Kier alpha value is -3.00. The number of hydrogen-bond donors (Lipinski definition) is 2. The number of ether oxygens (including phenoxy) is 1. The van der Waals surface area contributed by atoms with Crippen molar-refractivity contribution >= 4 is 23.4 Å². The number of aliphatic carboxylic acids is 1. The van der Waals surface area contributed by atoms with Gasteiger partial charge in [0.1, 0.15) is 5.82 Å². The van der Waals surface area contributed by atoms with E-state index in [-0.39, 0.29) is 19.1 Å². The minimum Gasteiger partial charge on any atom is -0.479 e. The summed E-state index contributed by atoms with van der Waals surface area (Å²) >= 11 is 0. The molecule has 1 aromatic carbocycles. The van der Waals surface area contributed by atoms with E-state index in [1.165, 1.54) is 4.90 Å². The van der Waals surface area contributed by atoms with Gasteiger partial charge in [-0.05, 0) is 18.2 Å². The highest BCUT2D eigenvalue weighted by atomic mass is 16.5. The van der Waals surface area contributed by atoms with E-state index in [4.69, 9.17) is 9.84 Å². The summed E-state index contributed by atoms with van der Waals surface area (Å²) in [5.74, 6) is -0.725. The number of carbonyl (C=O) groups excluding carboxylic acids is 1. The molecular formula is C16H16N4O4. The Bertz CT molecular complexity index is 738. The molecule has 0 spiro atoms. The zero-order valence-electron chi connectivity index (χ0n) is 12.8. The molecule has 0 unspecified atom stereocenters. The van der Waals surface area contributed by atoms with Gasteiger partial charge in [0.2, 0.25) is 0 Å². The highest BCUT2D eigenvalue weighted by Gasteiger charge is 2.29. The number of benzene rings is 1. The van der Waals surface area contributed by atoms with Gasteiger partial charge in [0, 0.05) is 30.2 Å². The van der Waals surface area contributed by atoms with Crippen LogP contribution in [0.15, 0.2) is 42.9 Å². The third-order valence-corrected chi connectivity index (χ3v) is 3.57. The molecule has 2 heterocycles. The Balaban J connectivity index is 1.73. The number of carboxylic acid groups (broad SMARTS) is 1. The summed E-state index contributed by atoms with van der Waals surface area (Å²) in [5.41, 5.74) is 1.17. The van der Waals surface area contributed by atoms with Crippen LogP contribution in [0, 0.1) is 0 Å². The van der Waals surface area contributed by atoms with Crippen LogP contribution >= 0.6 is 0 Å². The third kappa shape index (κ3) is 3.66. The fraction of sp³-hybridized carbons (Fsp3) is 0.250. The molecule has 2 aromatic rings. The lowest BCUT2D eigenvalue weighted by atomic mass is 10.1. The van der Waals surface area contributed by atoms with Crippen LogP contribution in [-0.4, -0.2) is 57.7 Å². The zero-order chi connectivity index (χ0) is 16.9. The van der Waals surface area contributed by atoms with Crippen molar-refractivity contribution in [1.82, 2.24) is 14.9 Å². The SMILES string of the molecule is O=C(O)[C@H]1CN(C(=O)c2cccc(Nc3cnccn3)c2)CCO1. The topological polar surface area (TPSA) is 105 Å². The van der Waals surface area contributed by atoms with Gasteiger partial charge >= 0.3 is 5.97 Å². The largest absolute Gasteiger partial charge is 0.479 e. The maximum atomic E-state index is 12.6. The fourth-order valence-corrected chi connectivity index (χ4v) is 2.41. The van der Waals surface area contributed by atoms with E-state index in [2.05, 4.69) is 15.3 Å².